The third kappa shape index (κ3) is 2.09. The Morgan fingerprint density at radius 2 is 2.11 bits per heavy atom. The highest BCUT2D eigenvalue weighted by atomic mass is 35.5. The normalized spacial score (nSPS) is 10.7. The van der Waals surface area contributed by atoms with Crippen molar-refractivity contribution in [3.05, 3.63) is 40.2 Å². The van der Waals surface area contributed by atoms with Gasteiger partial charge in [0.15, 0.2) is 0 Å². The summed E-state index contributed by atoms with van der Waals surface area (Å²) in [5.74, 6) is 0.769. The maximum Gasteiger partial charge on any atom is 0.121 e. The number of ether oxygens (including phenoxy) is 1. The lowest BCUT2D eigenvalue weighted by Crippen LogP contribution is -2.07. The first-order valence-electron chi connectivity index (χ1n) is 5.67. The number of nitrogens with zero attached hydrogens (tertiary/aromatic N) is 2. The summed E-state index contributed by atoms with van der Waals surface area (Å²) in [6.07, 6.45) is 0. The van der Waals surface area contributed by atoms with Gasteiger partial charge >= 0.3 is 0 Å². The molecule has 0 atom stereocenters. The number of nitrogens with two attached hydrogens (primary N) is 1. The second kappa shape index (κ2) is 5.00. The number of halogens is 1. The average molecular weight is 266 g/mol. The molecule has 0 amide bonds. The van der Waals surface area contributed by atoms with Crippen LogP contribution in [0.15, 0.2) is 18.2 Å². The van der Waals surface area contributed by atoms with E-state index in [1.807, 2.05) is 36.7 Å². The van der Waals surface area contributed by atoms with E-state index >= 15 is 0 Å². The lowest BCUT2D eigenvalue weighted by atomic mass is 10.1. The van der Waals surface area contributed by atoms with Crippen molar-refractivity contribution in [2.24, 2.45) is 5.73 Å². The molecule has 2 aromatic rings. The first-order chi connectivity index (χ1) is 8.58. The van der Waals surface area contributed by atoms with Gasteiger partial charge in [-0.1, -0.05) is 17.7 Å². The highest BCUT2D eigenvalue weighted by Gasteiger charge is 2.13. The third-order valence-corrected chi connectivity index (χ3v) is 3.49. The summed E-state index contributed by atoms with van der Waals surface area (Å²) in [5, 5.41) is 5.12. The van der Waals surface area contributed by atoms with Gasteiger partial charge in [0.25, 0.3) is 0 Å². The maximum absolute atomic E-state index is 6.17. The van der Waals surface area contributed by atoms with E-state index in [2.05, 4.69) is 5.10 Å². The van der Waals surface area contributed by atoms with Crippen LogP contribution in [0, 0.1) is 13.8 Å². The zero-order chi connectivity index (χ0) is 13.3. The molecule has 96 valence electrons. The molecule has 1 aromatic heterocycles. The van der Waals surface area contributed by atoms with Crippen LogP contribution in [-0.4, -0.2) is 16.9 Å². The summed E-state index contributed by atoms with van der Waals surface area (Å²) in [6, 6.07) is 5.75. The minimum absolute atomic E-state index is 0.440. The van der Waals surface area contributed by atoms with Gasteiger partial charge < -0.3 is 10.5 Å². The van der Waals surface area contributed by atoms with Crippen LogP contribution in [0.1, 0.15) is 17.0 Å². The molecule has 1 aromatic carbocycles. The molecule has 2 rings (SSSR count). The van der Waals surface area contributed by atoms with E-state index in [9.17, 15) is 0 Å². The van der Waals surface area contributed by atoms with Crippen LogP contribution in [0.3, 0.4) is 0 Å². The van der Waals surface area contributed by atoms with Crippen molar-refractivity contribution in [3.63, 3.8) is 0 Å². The fourth-order valence-electron chi connectivity index (χ4n) is 1.90. The maximum atomic E-state index is 6.17. The number of aromatic nitrogens is 2. The second-order valence-electron chi connectivity index (χ2n) is 4.10. The molecule has 2 N–H and O–H groups in total. The number of hydrogen-bond donors (Lipinski definition) is 1. The average Bonchev–Trinajstić information content (AvgIpc) is 2.65. The van der Waals surface area contributed by atoms with Crippen LogP contribution in [0.4, 0.5) is 0 Å². The van der Waals surface area contributed by atoms with Gasteiger partial charge in [0.1, 0.15) is 5.75 Å². The van der Waals surface area contributed by atoms with E-state index in [-0.39, 0.29) is 0 Å². The number of rotatable bonds is 3. The first-order valence-corrected chi connectivity index (χ1v) is 6.05. The van der Waals surface area contributed by atoms with Crippen LogP contribution in [0.2, 0.25) is 5.02 Å². The lowest BCUT2D eigenvalue weighted by Gasteiger charge is -2.11. The van der Waals surface area contributed by atoms with Crippen molar-refractivity contribution in [2.75, 3.05) is 7.11 Å². The molecule has 0 aliphatic carbocycles. The predicted octanol–water partition coefficient (Wildman–Crippen LogP) is 2.61. The quantitative estimate of drug-likeness (QED) is 0.928. The van der Waals surface area contributed by atoms with Gasteiger partial charge in [-0.3, -0.25) is 0 Å². The van der Waals surface area contributed by atoms with E-state index in [1.54, 1.807) is 7.11 Å². The van der Waals surface area contributed by atoms with Crippen molar-refractivity contribution in [2.45, 2.75) is 20.4 Å². The fraction of sp³-hybridized carbons (Fsp3) is 0.308. The highest BCUT2D eigenvalue weighted by Crippen LogP contribution is 2.26. The molecule has 0 radical (unpaired) electrons. The second-order valence-corrected chi connectivity index (χ2v) is 4.47. The Morgan fingerprint density at radius 1 is 1.39 bits per heavy atom. The molecule has 1 heterocycles. The zero-order valence-electron chi connectivity index (χ0n) is 10.7. The Kier molecular flexibility index (Phi) is 3.59. The van der Waals surface area contributed by atoms with Crippen LogP contribution >= 0.6 is 11.6 Å². The van der Waals surface area contributed by atoms with Crippen LogP contribution in [-0.2, 0) is 6.54 Å². The van der Waals surface area contributed by atoms with Crippen molar-refractivity contribution in [1.82, 2.24) is 9.78 Å². The molecule has 5 heteroatoms. The third-order valence-electron chi connectivity index (χ3n) is 2.94. The Morgan fingerprint density at radius 3 is 2.61 bits per heavy atom. The van der Waals surface area contributed by atoms with Crippen molar-refractivity contribution >= 4 is 11.6 Å². The van der Waals surface area contributed by atoms with E-state index in [1.165, 1.54) is 0 Å². The molecule has 0 unspecified atom stereocenters. The van der Waals surface area contributed by atoms with Crippen LogP contribution in [0.25, 0.3) is 5.69 Å². The zero-order valence-corrected chi connectivity index (χ0v) is 11.5. The van der Waals surface area contributed by atoms with Crippen LogP contribution in [0.5, 0.6) is 5.75 Å². The molecule has 0 aliphatic rings. The monoisotopic (exact) mass is 265 g/mol. The molecule has 0 bridgehead atoms. The van der Waals surface area contributed by atoms with Gasteiger partial charge in [-0.15, -0.1) is 0 Å². The van der Waals surface area contributed by atoms with E-state index < -0.39 is 0 Å². The Hall–Kier alpha value is -1.52. The Balaban J connectivity index is 2.64. The predicted molar refractivity (Wildman–Crippen MR) is 72.5 cm³/mol. The largest absolute Gasteiger partial charge is 0.497 e. The summed E-state index contributed by atoms with van der Waals surface area (Å²) in [6.45, 7) is 4.26. The standard InChI is InChI=1S/C13H16ClN3O/c1-8-13(14)9(2)17(16-8)12-6-11(18-3)5-4-10(12)7-15/h4-6H,7,15H2,1-3H3. The lowest BCUT2D eigenvalue weighted by molar-refractivity contribution is 0.414. The smallest absolute Gasteiger partial charge is 0.121 e. The SMILES string of the molecule is COc1ccc(CN)c(-n2nc(C)c(Cl)c2C)c1. The molecule has 0 saturated carbocycles. The van der Waals surface area contributed by atoms with Gasteiger partial charge in [-0.25, -0.2) is 4.68 Å². The molecule has 0 spiro atoms. The fourth-order valence-corrected chi connectivity index (χ4v) is 2.02. The van der Waals surface area contributed by atoms with Crippen molar-refractivity contribution in [1.29, 1.82) is 0 Å². The van der Waals surface area contributed by atoms with Crippen molar-refractivity contribution in [3.8, 4) is 11.4 Å². The molecular weight excluding hydrogens is 250 g/mol. The first kappa shape index (κ1) is 12.9. The molecule has 0 saturated heterocycles. The summed E-state index contributed by atoms with van der Waals surface area (Å²) < 4.78 is 7.05. The molecule has 0 fully saturated rings. The van der Waals surface area contributed by atoms with Gasteiger partial charge in [-0.2, -0.15) is 5.10 Å². The minimum Gasteiger partial charge on any atom is -0.497 e. The molecule has 0 aliphatic heterocycles. The Bertz CT molecular complexity index is 578. The van der Waals surface area contributed by atoms with E-state index in [0.717, 1.165) is 28.4 Å². The van der Waals surface area contributed by atoms with Crippen molar-refractivity contribution < 1.29 is 4.74 Å². The number of hydrogen-bond acceptors (Lipinski definition) is 3. The van der Waals surface area contributed by atoms with Gasteiger partial charge in [0.2, 0.25) is 0 Å². The minimum atomic E-state index is 0.440. The van der Waals surface area contributed by atoms with E-state index in [0.29, 0.717) is 11.6 Å². The van der Waals surface area contributed by atoms with Gasteiger partial charge in [0, 0.05) is 12.6 Å². The molecular formula is C13H16ClN3O. The molecule has 4 nitrogen and oxygen atoms in total. The summed E-state index contributed by atoms with van der Waals surface area (Å²) in [4.78, 5) is 0. The number of aryl methyl sites for hydroxylation is 1. The number of benzene rings is 1. The summed E-state index contributed by atoms with van der Waals surface area (Å²) in [5.41, 5.74) is 9.37. The molecule has 18 heavy (non-hydrogen) atoms. The summed E-state index contributed by atoms with van der Waals surface area (Å²) in [7, 11) is 1.63. The van der Waals surface area contributed by atoms with Gasteiger partial charge in [0.05, 0.1) is 29.2 Å². The van der Waals surface area contributed by atoms with E-state index in [4.69, 9.17) is 22.1 Å². The highest BCUT2D eigenvalue weighted by molar-refractivity contribution is 6.31. The number of methoxy groups -OCH3 is 1. The Labute approximate surface area is 111 Å². The summed E-state index contributed by atoms with van der Waals surface area (Å²) >= 11 is 6.17. The van der Waals surface area contributed by atoms with Crippen LogP contribution < -0.4 is 10.5 Å². The van der Waals surface area contributed by atoms with Gasteiger partial charge in [-0.05, 0) is 25.5 Å². The topological polar surface area (TPSA) is 53.1 Å².